The van der Waals surface area contributed by atoms with E-state index in [-0.39, 0.29) is 6.61 Å². The highest BCUT2D eigenvalue weighted by atomic mass is 19.4. The predicted molar refractivity (Wildman–Crippen MR) is 63.8 cm³/mol. The van der Waals surface area contributed by atoms with Crippen molar-refractivity contribution in [3.8, 4) is 0 Å². The van der Waals surface area contributed by atoms with Crippen molar-refractivity contribution in [3.05, 3.63) is 41.6 Å². The lowest BCUT2D eigenvalue weighted by Gasteiger charge is -2.24. The molecule has 0 atom stereocenters. The molecule has 1 heterocycles. The molecule has 0 fully saturated rings. The summed E-state index contributed by atoms with van der Waals surface area (Å²) >= 11 is 0. The molecule has 0 spiro atoms. The minimum Gasteiger partial charge on any atom is -0.449 e. The third-order valence-corrected chi connectivity index (χ3v) is 2.72. The molecular formula is C13H12F3NO2. The summed E-state index contributed by atoms with van der Waals surface area (Å²) in [6, 6.07) is 3.31. The molecule has 1 aromatic carbocycles. The van der Waals surface area contributed by atoms with Crippen LogP contribution in [-0.2, 0) is 17.3 Å². The number of anilines is 1. The highest BCUT2D eigenvalue weighted by Crippen LogP contribution is 2.34. The van der Waals surface area contributed by atoms with E-state index in [0.29, 0.717) is 17.7 Å². The Morgan fingerprint density at radius 2 is 2.16 bits per heavy atom. The maximum absolute atomic E-state index is 12.6. The number of halogens is 3. The summed E-state index contributed by atoms with van der Waals surface area (Å²) < 4.78 is 42.7. The molecule has 3 nitrogen and oxygen atoms in total. The fourth-order valence-electron chi connectivity index (χ4n) is 1.88. The first-order chi connectivity index (χ1) is 8.93. The fraction of sp³-hybridized carbons (Fsp3) is 0.308. The number of allylic oxidation sites excluding steroid dienone is 1. The number of benzene rings is 1. The first-order valence-electron chi connectivity index (χ1n) is 5.76. The molecule has 0 unspecified atom stereocenters. The second-order valence-electron chi connectivity index (χ2n) is 4.00. The van der Waals surface area contributed by atoms with Gasteiger partial charge in [-0.2, -0.15) is 13.2 Å². The van der Waals surface area contributed by atoms with Gasteiger partial charge in [0.05, 0.1) is 17.9 Å². The second-order valence-corrected chi connectivity index (χ2v) is 4.00. The van der Waals surface area contributed by atoms with Gasteiger partial charge in [0.1, 0.15) is 0 Å². The SMILES string of the molecule is CCOC(=O)N1C=CCc2cc(C(F)(F)F)ccc21. The Bertz CT molecular complexity index is 523. The number of rotatable bonds is 1. The number of carbonyl (C=O) groups is 1. The molecule has 102 valence electrons. The van der Waals surface area contributed by atoms with Gasteiger partial charge in [0.25, 0.3) is 0 Å². The summed E-state index contributed by atoms with van der Waals surface area (Å²) in [7, 11) is 0. The number of hydrogen-bond acceptors (Lipinski definition) is 2. The first kappa shape index (κ1) is 13.5. The molecule has 0 radical (unpaired) electrons. The molecule has 0 N–H and O–H groups in total. The zero-order valence-corrected chi connectivity index (χ0v) is 10.2. The van der Waals surface area contributed by atoms with Crippen molar-refractivity contribution in [2.45, 2.75) is 19.5 Å². The number of hydrogen-bond donors (Lipinski definition) is 0. The molecule has 2 rings (SSSR count). The summed E-state index contributed by atoms with van der Waals surface area (Å²) in [5.74, 6) is 0. The predicted octanol–water partition coefficient (Wildman–Crippen LogP) is 3.74. The summed E-state index contributed by atoms with van der Waals surface area (Å²) in [5, 5.41) is 0. The fourth-order valence-corrected chi connectivity index (χ4v) is 1.88. The van der Waals surface area contributed by atoms with Crippen LogP contribution in [0.15, 0.2) is 30.5 Å². The lowest BCUT2D eigenvalue weighted by Crippen LogP contribution is -2.29. The van der Waals surface area contributed by atoms with E-state index in [1.54, 1.807) is 13.0 Å². The quantitative estimate of drug-likeness (QED) is 0.778. The van der Waals surface area contributed by atoms with Crippen molar-refractivity contribution in [1.29, 1.82) is 0 Å². The smallest absolute Gasteiger partial charge is 0.418 e. The molecule has 0 saturated heterocycles. The van der Waals surface area contributed by atoms with E-state index in [1.165, 1.54) is 17.2 Å². The van der Waals surface area contributed by atoms with Gasteiger partial charge >= 0.3 is 12.3 Å². The topological polar surface area (TPSA) is 29.5 Å². The van der Waals surface area contributed by atoms with E-state index in [0.717, 1.165) is 12.1 Å². The van der Waals surface area contributed by atoms with Crippen LogP contribution in [0.5, 0.6) is 0 Å². The van der Waals surface area contributed by atoms with E-state index < -0.39 is 17.8 Å². The molecule has 1 aliphatic heterocycles. The normalized spacial score (nSPS) is 14.2. The van der Waals surface area contributed by atoms with Crippen LogP contribution in [0.1, 0.15) is 18.1 Å². The average Bonchev–Trinajstić information content (AvgIpc) is 2.36. The monoisotopic (exact) mass is 271 g/mol. The third kappa shape index (κ3) is 2.72. The first-order valence-corrected chi connectivity index (χ1v) is 5.76. The minimum absolute atomic E-state index is 0.207. The number of nitrogens with zero attached hydrogens (tertiary/aromatic N) is 1. The standard InChI is InChI=1S/C13H12F3NO2/c1-2-19-12(18)17-7-3-4-9-8-10(13(14,15)16)5-6-11(9)17/h3,5-8H,2,4H2,1H3. The van der Waals surface area contributed by atoms with Gasteiger partial charge in [-0.25, -0.2) is 4.79 Å². The van der Waals surface area contributed by atoms with Gasteiger partial charge in [0.2, 0.25) is 0 Å². The number of alkyl halides is 3. The van der Waals surface area contributed by atoms with Gasteiger partial charge < -0.3 is 4.74 Å². The Labute approximate surface area is 108 Å². The van der Waals surface area contributed by atoms with Crippen LogP contribution in [0, 0.1) is 0 Å². The van der Waals surface area contributed by atoms with Gasteiger partial charge in [-0.1, -0.05) is 6.08 Å². The van der Waals surface area contributed by atoms with Crippen LogP contribution in [0.2, 0.25) is 0 Å². The van der Waals surface area contributed by atoms with Gasteiger partial charge in [0, 0.05) is 6.20 Å². The molecule has 0 aromatic heterocycles. The minimum atomic E-state index is -4.38. The lowest BCUT2D eigenvalue weighted by atomic mass is 10.0. The second kappa shape index (κ2) is 4.95. The number of fused-ring (bicyclic) bond motifs is 1. The van der Waals surface area contributed by atoms with E-state index in [4.69, 9.17) is 4.74 Å². The largest absolute Gasteiger partial charge is 0.449 e. The van der Waals surface area contributed by atoms with Crippen LogP contribution in [0.25, 0.3) is 0 Å². The molecule has 0 bridgehead atoms. The number of ether oxygens (including phenoxy) is 1. The van der Waals surface area contributed by atoms with E-state index in [1.807, 2.05) is 0 Å². The maximum atomic E-state index is 12.6. The molecule has 1 aromatic rings. The molecule has 0 saturated carbocycles. The van der Waals surface area contributed by atoms with Gasteiger partial charge in [-0.05, 0) is 37.1 Å². The van der Waals surface area contributed by atoms with Gasteiger partial charge in [0.15, 0.2) is 0 Å². The molecule has 0 aliphatic carbocycles. The Morgan fingerprint density at radius 1 is 1.42 bits per heavy atom. The Hall–Kier alpha value is -1.98. The van der Waals surface area contributed by atoms with Crippen LogP contribution < -0.4 is 4.90 Å². The Kier molecular flexibility index (Phi) is 3.50. The van der Waals surface area contributed by atoms with Crippen molar-refractivity contribution in [1.82, 2.24) is 0 Å². The Morgan fingerprint density at radius 3 is 2.79 bits per heavy atom. The summed E-state index contributed by atoms with van der Waals surface area (Å²) in [6.45, 7) is 1.87. The van der Waals surface area contributed by atoms with Crippen molar-refractivity contribution in [2.24, 2.45) is 0 Å². The molecule has 6 heteroatoms. The molecule has 19 heavy (non-hydrogen) atoms. The zero-order chi connectivity index (χ0) is 14.0. The zero-order valence-electron chi connectivity index (χ0n) is 10.2. The summed E-state index contributed by atoms with van der Waals surface area (Å²) in [4.78, 5) is 12.9. The van der Waals surface area contributed by atoms with Crippen molar-refractivity contribution >= 4 is 11.8 Å². The summed E-state index contributed by atoms with van der Waals surface area (Å²) in [5.41, 5.74) is 0.157. The van der Waals surface area contributed by atoms with E-state index in [2.05, 4.69) is 0 Å². The van der Waals surface area contributed by atoms with Gasteiger partial charge in [-0.3, -0.25) is 4.90 Å². The molecule has 1 amide bonds. The average molecular weight is 271 g/mol. The van der Waals surface area contributed by atoms with Gasteiger partial charge in [-0.15, -0.1) is 0 Å². The van der Waals surface area contributed by atoms with E-state index >= 15 is 0 Å². The summed E-state index contributed by atoms with van der Waals surface area (Å²) in [6.07, 6.45) is -1.49. The van der Waals surface area contributed by atoms with Crippen LogP contribution in [-0.4, -0.2) is 12.7 Å². The molecular weight excluding hydrogens is 259 g/mol. The Balaban J connectivity index is 2.36. The highest BCUT2D eigenvalue weighted by molar-refractivity contribution is 5.91. The number of carbonyl (C=O) groups excluding carboxylic acids is 1. The maximum Gasteiger partial charge on any atom is 0.418 e. The number of amides is 1. The van der Waals surface area contributed by atoms with Crippen LogP contribution in [0.3, 0.4) is 0 Å². The highest BCUT2D eigenvalue weighted by Gasteiger charge is 2.32. The van der Waals surface area contributed by atoms with Crippen molar-refractivity contribution < 1.29 is 22.7 Å². The van der Waals surface area contributed by atoms with E-state index in [9.17, 15) is 18.0 Å². The third-order valence-electron chi connectivity index (χ3n) is 2.72. The van der Waals surface area contributed by atoms with Crippen LogP contribution >= 0.6 is 0 Å². The lowest BCUT2D eigenvalue weighted by molar-refractivity contribution is -0.137. The van der Waals surface area contributed by atoms with Crippen molar-refractivity contribution in [3.63, 3.8) is 0 Å². The molecule has 1 aliphatic rings. The van der Waals surface area contributed by atoms with Crippen LogP contribution in [0.4, 0.5) is 23.7 Å². The van der Waals surface area contributed by atoms with Crippen molar-refractivity contribution in [2.75, 3.05) is 11.5 Å².